The van der Waals surface area contributed by atoms with Crippen molar-refractivity contribution in [1.82, 2.24) is 0 Å². The molecule has 1 fully saturated rings. The molecule has 2 rings (SSSR count). The van der Waals surface area contributed by atoms with Crippen molar-refractivity contribution in [3.63, 3.8) is 0 Å². The van der Waals surface area contributed by atoms with Gasteiger partial charge in [0, 0.05) is 18.3 Å². The number of carboxylic acids is 1. The molecule has 98 valence electrons. The van der Waals surface area contributed by atoms with Crippen LogP contribution in [0, 0.1) is 0 Å². The predicted octanol–water partition coefficient (Wildman–Crippen LogP) is 2.12. The van der Waals surface area contributed by atoms with E-state index >= 15 is 0 Å². The Labute approximate surface area is 107 Å². The van der Waals surface area contributed by atoms with Gasteiger partial charge in [0.25, 0.3) is 0 Å². The molecular weight excluding hydrogens is 230 g/mol. The van der Waals surface area contributed by atoms with Gasteiger partial charge in [-0.05, 0) is 50.5 Å². The van der Waals surface area contributed by atoms with E-state index in [0.29, 0.717) is 11.6 Å². The van der Waals surface area contributed by atoms with Crippen LogP contribution < -0.4 is 4.90 Å². The number of rotatable bonds is 4. The SMILES string of the molecule is CC(O)CC1CCCN1c1ccc(C(=O)O)cc1. The van der Waals surface area contributed by atoms with Crippen LogP contribution in [0.2, 0.25) is 0 Å². The summed E-state index contributed by atoms with van der Waals surface area (Å²) in [5.41, 5.74) is 1.35. The minimum absolute atomic E-state index is 0.297. The third kappa shape index (κ3) is 2.82. The zero-order chi connectivity index (χ0) is 13.1. The fraction of sp³-hybridized carbons (Fsp3) is 0.500. The summed E-state index contributed by atoms with van der Waals surface area (Å²) >= 11 is 0. The van der Waals surface area contributed by atoms with Gasteiger partial charge in [-0.15, -0.1) is 0 Å². The van der Waals surface area contributed by atoms with E-state index in [0.717, 1.165) is 31.5 Å². The van der Waals surface area contributed by atoms with E-state index in [-0.39, 0.29) is 6.10 Å². The second-order valence-corrected chi connectivity index (χ2v) is 4.93. The molecule has 0 radical (unpaired) electrons. The molecule has 4 nitrogen and oxygen atoms in total. The Hall–Kier alpha value is -1.55. The first kappa shape index (κ1) is 12.9. The van der Waals surface area contributed by atoms with Gasteiger partial charge in [0.15, 0.2) is 0 Å². The van der Waals surface area contributed by atoms with Crippen LogP contribution in [0.15, 0.2) is 24.3 Å². The second-order valence-electron chi connectivity index (χ2n) is 4.93. The number of nitrogens with zero attached hydrogens (tertiary/aromatic N) is 1. The molecule has 0 aromatic heterocycles. The summed E-state index contributed by atoms with van der Waals surface area (Å²) in [7, 11) is 0. The monoisotopic (exact) mass is 249 g/mol. The molecule has 18 heavy (non-hydrogen) atoms. The summed E-state index contributed by atoms with van der Waals surface area (Å²) in [6, 6.07) is 7.33. The molecule has 1 saturated heterocycles. The third-order valence-corrected chi connectivity index (χ3v) is 3.44. The van der Waals surface area contributed by atoms with E-state index < -0.39 is 5.97 Å². The fourth-order valence-corrected chi connectivity index (χ4v) is 2.61. The van der Waals surface area contributed by atoms with E-state index in [2.05, 4.69) is 4.90 Å². The summed E-state index contributed by atoms with van der Waals surface area (Å²) in [4.78, 5) is 13.1. The van der Waals surface area contributed by atoms with Crippen LogP contribution >= 0.6 is 0 Å². The minimum atomic E-state index is -0.900. The van der Waals surface area contributed by atoms with Crippen molar-refractivity contribution in [3.05, 3.63) is 29.8 Å². The van der Waals surface area contributed by atoms with E-state index in [4.69, 9.17) is 5.11 Å². The van der Waals surface area contributed by atoms with E-state index in [1.807, 2.05) is 19.1 Å². The van der Waals surface area contributed by atoms with Crippen molar-refractivity contribution in [1.29, 1.82) is 0 Å². The third-order valence-electron chi connectivity index (χ3n) is 3.44. The van der Waals surface area contributed by atoms with Gasteiger partial charge in [-0.1, -0.05) is 0 Å². The Bertz CT molecular complexity index is 414. The Morgan fingerprint density at radius 3 is 2.67 bits per heavy atom. The topological polar surface area (TPSA) is 60.8 Å². The molecule has 0 amide bonds. The highest BCUT2D eigenvalue weighted by Gasteiger charge is 2.25. The van der Waals surface area contributed by atoms with Crippen LogP contribution in [0.4, 0.5) is 5.69 Å². The van der Waals surface area contributed by atoms with Crippen molar-refractivity contribution in [2.24, 2.45) is 0 Å². The maximum absolute atomic E-state index is 10.8. The highest BCUT2D eigenvalue weighted by Crippen LogP contribution is 2.28. The molecule has 1 aromatic carbocycles. The average molecular weight is 249 g/mol. The van der Waals surface area contributed by atoms with E-state index in [1.165, 1.54) is 0 Å². The molecule has 0 aliphatic carbocycles. The smallest absolute Gasteiger partial charge is 0.335 e. The maximum atomic E-state index is 10.8. The molecule has 4 heteroatoms. The van der Waals surface area contributed by atoms with Crippen LogP contribution in [-0.2, 0) is 0 Å². The Morgan fingerprint density at radius 1 is 1.44 bits per heavy atom. The van der Waals surface area contributed by atoms with Gasteiger partial charge in [0.1, 0.15) is 0 Å². The van der Waals surface area contributed by atoms with Crippen LogP contribution in [0.1, 0.15) is 36.5 Å². The molecule has 1 aliphatic heterocycles. The van der Waals surface area contributed by atoms with Crippen molar-refractivity contribution in [3.8, 4) is 0 Å². The number of benzene rings is 1. The quantitative estimate of drug-likeness (QED) is 0.858. The minimum Gasteiger partial charge on any atom is -0.478 e. The molecule has 0 saturated carbocycles. The molecule has 1 heterocycles. The number of anilines is 1. The summed E-state index contributed by atoms with van der Waals surface area (Å²) in [5, 5.41) is 18.4. The fourth-order valence-electron chi connectivity index (χ4n) is 2.61. The summed E-state index contributed by atoms with van der Waals surface area (Å²) in [5.74, 6) is -0.900. The number of carbonyl (C=O) groups is 1. The van der Waals surface area contributed by atoms with Crippen molar-refractivity contribution >= 4 is 11.7 Å². The summed E-state index contributed by atoms with van der Waals surface area (Å²) in [6.45, 7) is 2.79. The van der Waals surface area contributed by atoms with Crippen molar-refractivity contribution < 1.29 is 15.0 Å². The number of carboxylic acid groups (broad SMARTS) is 1. The number of aliphatic hydroxyl groups is 1. The lowest BCUT2D eigenvalue weighted by atomic mass is 10.1. The Balaban J connectivity index is 2.12. The molecule has 1 aromatic rings. The highest BCUT2D eigenvalue weighted by molar-refractivity contribution is 5.88. The number of hydrogen-bond acceptors (Lipinski definition) is 3. The second kappa shape index (κ2) is 5.40. The van der Waals surface area contributed by atoms with E-state index in [9.17, 15) is 9.90 Å². The van der Waals surface area contributed by atoms with Gasteiger partial charge in [-0.25, -0.2) is 4.79 Å². The zero-order valence-corrected chi connectivity index (χ0v) is 10.5. The molecule has 2 N–H and O–H groups in total. The first-order valence-electron chi connectivity index (χ1n) is 6.36. The van der Waals surface area contributed by atoms with Crippen LogP contribution in [0.25, 0.3) is 0 Å². The Morgan fingerprint density at radius 2 is 2.11 bits per heavy atom. The normalized spacial score (nSPS) is 21.0. The lowest BCUT2D eigenvalue weighted by Crippen LogP contribution is -2.31. The zero-order valence-electron chi connectivity index (χ0n) is 10.5. The lowest BCUT2D eigenvalue weighted by Gasteiger charge is -2.27. The van der Waals surface area contributed by atoms with E-state index in [1.54, 1.807) is 12.1 Å². The van der Waals surface area contributed by atoms with Gasteiger partial charge in [-0.3, -0.25) is 0 Å². The van der Waals surface area contributed by atoms with Gasteiger partial charge < -0.3 is 15.1 Å². The van der Waals surface area contributed by atoms with Gasteiger partial charge in [-0.2, -0.15) is 0 Å². The average Bonchev–Trinajstić information content (AvgIpc) is 2.76. The first-order valence-corrected chi connectivity index (χ1v) is 6.36. The lowest BCUT2D eigenvalue weighted by molar-refractivity contribution is 0.0697. The molecule has 0 spiro atoms. The predicted molar refractivity (Wildman–Crippen MR) is 70.1 cm³/mol. The number of aliphatic hydroxyl groups excluding tert-OH is 1. The first-order chi connectivity index (χ1) is 8.58. The standard InChI is InChI=1S/C14H19NO3/c1-10(16)9-13-3-2-8-15(13)12-6-4-11(5-7-12)14(17)18/h4-7,10,13,16H,2-3,8-9H2,1H3,(H,17,18). The van der Waals surface area contributed by atoms with Crippen molar-refractivity contribution in [2.75, 3.05) is 11.4 Å². The highest BCUT2D eigenvalue weighted by atomic mass is 16.4. The van der Waals surface area contributed by atoms with Gasteiger partial charge in [0.2, 0.25) is 0 Å². The van der Waals surface area contributed by atoms with Gasteiger partial charge in [0.05, 0.1) is 11.7 Å². The largest absolute Gasteiger partial charge is 0.478 e. The summed E-state index contributed by atoms with van der Waals surface area (Å²) < 4.78 is 0. The number of hydrogen-bond donors (Lipinski definition) is 2. The molecule has 2 unspecified atom stereocenters. The summed E-state index contributed by atoms with van der Waals surface area (Å²) in [6.07, 6.45) is 2.68. The van der Waals surface area contributed by atoms with Crippen LogP contribution in [0.5, 0.6) is 0 Å². The molecule has 1 aliphatic rings. The molecule has 2 atom stereocenters. The van der Waals surface area contributed by atoms with Crippen molar-refractivity contribution in [2.45, 2.75) is 38.3 Å². The van der Waals surface area contributed by atoms with Crippen LogP contribution in [0.3, 0.4) is 0 Å². The van der Waals surface area contributed by atoms with Crippen LogP contribution in [-0.4, -0.2) is 34.9 Å². The number of aromatic carboxylic acids is 1. The van der Waals surface area contributed by atoms with Gasteiger partial charge >= 0.3 is 5.97 Å². The molecule has 0 bridgehead atoms. The molecular formula is C14H19NO3. The maximum Gasteiger partial charge on any atom is 0.335 e. The Kier molecular flexibility index (Phi) is 3.87.